The summed E-state index contributed by atoms with van der Waals surface area (Å²) in [6, 6.07) is 21.4. The molecule has 0 aliphatic rings. The summed E-state index contributed by atoms with van der Waals surface area (Å²) in [6.45, 7) is 0. The van der Waals surface area contributed by atoms with E-state index in [9.17, 15) is 4.79 Å². The van der Waals surface area contributed by atoms with Crippen molar-refractivity contribution in [3.63, 3.8) is 0 Å². The van der Waals surface area contributed by atoms with Crippen LogP contribution in [-0.2, 0) is 7.05 Å². The van der Waals surface area contributed by atoms with Crippen LogP contribution in [0.15, 0.2) is 71.9 Å². The molecule has 0 fully saturated rings. The quantitative estimate of drug-likeness (QED) is 0.245. The molecule has 1 aromatic heterocycles. The molecule has 7 nitrogen and oxygen atoms in total. The Balaban J connectivity index is 1.48. The van der Waals surface area contributed by atoms with Gasteiger partial charge in [-0.25, -0.2) is 0 Å². The lowest BCUT2D eigenvalue weighted by Gasteiger charge is -2.14. The molecule has 1 heterocycles. The molecule has 0 N–H and O–H groups in total. The molecule has 4 aromatic rings. The van der Waals surface area contributed by atoms with E-state index in [0.717, 1.165) is 16.7 Å². The van der Waals surface area contributed by atoms with Gasteiger partial charge in [-0.2, -0.15) is 0 Å². The first kappa shape index (κ1) is 23.4. The fourth-order valence-corrected chi connectivity index (χ4v) is 4.40. The average molecular weight is 476 g/mol. The normalized spacial score (nSPS) is 10.7. The van der Waals surface area contributed by atoms with Gasteiger partial charge in [-0.15, -0.1) is 10.2 Å². The van der Waals surface area contributed by atoms with Gasteiger partial charge in [-0.05, 0) is 23.3 Å². The maximum absolute atomic E-state index is 12.8. The molecule has 0 atom stereocenters. The second kappa shape index (κ2) is 10.4. The second-order valence-electron chi connectivity index (χ2n) is 7.43. The first-order chi connectivity index (χ1) is 16.5. The Hall–Kier alpha value is -3.78. The molecule has 0 saturated heterocycles. The Labute approximate surface area is 202 Å². The number of ketones is 1. The molecule has 0 radical (unpaired) electrons. The van der Waals surface area contributed by atoms with E-state index < -0.39 is 0 Å². The molecule has 3 aromatic carbocycles. The molecule has 34 heavy (non-hydrogen) atoms. The maximum atomic E-state index is 12.8. The Kier molecular flexibility index (Phi) is 7.18. The highest BCUT2D eigenvalue weighted by Crippen LogP contribution is 2.41. The molecule has 0 spiro atoms. The standard InChI is InChI=1S/C26H25N3O4S/c1-29-25(20-14-22(31-2)24(33-4)23(15-20)32-3)27-28-26(29)34-16-21(30)19-12-10-18(11-13-19)17-8-6-5-7-9-17/h5-15H,16H2,1-4H3. The molecule has 0 aliphatic carbocycles. The Bertz CT molecular complexity index is 1260. The zero-order chi connectivity index (χ0) is 24.1. The SMILES string of the molecule is COc1cc(-c2nnc(SCC(=O)c3ccc(-c4ccccc4)cc3)n2C)cc(OC)c1OC. The zero-order valence-electron chi connectivity index (χ0n) is 19.4. The van der Waals surface area contributed by atoms with Crippen LogP contribution >= 0.6 is 11.8 Å². The summed E-state index contributed by atoms with van der Waals surface area (Å²) >= 11 is 1.35. The third kappa shape index (κ3) is 4.77. The van der Waals surface area contributed by atoms with Gasteiger partial charge < -0.3 is 18.8 Å². The van der Waals surface area contributed by atoms with Crippen molar-refractivity contribution in [1.29, 1.82) is 0 Å². The number of aromatic nitrogens is 3. The Morgan fingerprint density at radius 3 is 2.03 bits per heavy atom. The van der Waals surface area contributed by atoms with Gasteiger partial charge in [0.05, 0.1) is 27.1 Å². The number of hydrogen-bond donors (Lipinski definition) is 0. The number of carbonyl (C=O) groups excluding carboxylic acids is 1. The average Bonchev–Trinajstić information content (AvgIpc) is 3.26. The van der Waals surface area contributed by atoms with Gasteiger partial charge in [0.1, 0.15) is 0 Å². The van der Waals surface area contributed by atoms with E-state index in [1.165, 1.54) is 11.8 Å². The van der Waals surface area contributed by atoms with Crippen molar-refractivity contribution in [3.8, 4) is 39.8 Å². The second-order valence-corrected chi connectivity index (χ2v) is 8.38. The zero-order valence-corrected chi connectivity index (χ0v) is 20.3. The lowest BCUT2D eigenvalue weighted by molar-refractivity contribution is 0.102. The predicted octanol–water partition coefficient (Wildman–Crippen LogP) is 5.15. The highest BCUT2D eigenvalue weighted by atomic mass is 32.2. The van der Waals surface area contributed by atoms with Crippen LogP contribution in [0.3, 0.4) is 0 Å². The number of benzene rings is 3. The van der Waals surface area contributed by atoms with Crippen LogP contribution in [-0.4, -0.2) is 47.6 Å². The van der Waals surface area contributed by atoms with Crippen LogP contribution in [0, 0.1) is 0 Å². The first-order valence-corrected chi connectivity index (χ1v) is 11.6. The van der Waals surface area contributed by atoms with Gasteiger partial charge in [-0.3, -0.25) is 4.79 Å². The van der Waals surface area contributed by atoms with E-state index in [1.54, 1.807) is 21.3 Å². The molecule has 4 rings (SSSR count). The topological polar surface area (TPSA) is 75.5 Å². The van der Waals surface area contributed by atoms with Crippen molar-refractivity contribution in [2.75, 3.05) is 27.1 Å². The van der Waals surface area contributed by atoms with Crippen molar-refractivity contribution in [2.24, 2.45) is 7.05 Å². The van der Waals surface area contributed by atoms with Crippen LogP contribution in [0.5, 0.6) is 17.2 Å². The molecule has 8 heteroatoms. The monoisotopic (exact) mass is 475 g/mol. The minimum absolute atomic E-state index is 0.0296. The molecule has 0 unspecified atom stereocenters. The summed E-state index contributed by atoms with van der Waals surface area (Å²) in [4.78, 5) is 12.8. The first-order valence-electron chi connectivity index (χ1n) is 10.6. The molecular formula is C26H25N3O4S. The van der Waals surface area contributed by atoms with Crippen LogP contribution in [0.4, 0.5) is 0 Å². The predicted molar refractivity (Wildman–Crippen MR) is 133 cm³/mol. The molecule has 0 aliphatic heterocycles. The molecular weight excluding hydrogens is 450 g/mol. The minimum Gasteiger partial charge on any atom is -0.493 e. The summed E-state index contributed by atoms with van der Waals surface area (Å²) in [7, 11) is 6.55. The maximum Gasteiger partial charge on any atom is 0.203 e. The number of ether oxygens (including phenoxy) is 3. The van der Waals surface area contributed by atoms with Gasteiger partial charge in [0, 0.05) is 18.2 Å². The number of nitrogens with zero attached hydrogens (tertiary/aromatic N) is 3. The third-order valence-electron chi connectivity index (χ3n) is 5.40. The number of rotatable bonds is 9. The number of carbonyl (C=O) groups is 1. The van der Waals surface area contributed by atoms with Gasteiger partial charge in [0.25, 0.3) is 0 Å². The Morgan fingerprint density at radius 2 is 1.44 bits per heavy atom. The van der Waals surface area contributed by atoms with Crippen LogP contribution in [0.25, 0.3) is 22.5 Å². The smallest absolute Gasteiger partial charge is 0.203 e. The fraction of sp³-hybridized carbons (Fsp3) is 0.192. The Morgan fingerprint density at radius 1 is 0.824 bits per heavy atom. The summed E-state index contributed by atoms with van der Waals surface area (Å²) in [5, 5.41) is 9.23. The van der Waals surface area contributed by atoms with Crippen LogP contribution in [0.2, 0.25) is 0 Å². The van der Waals surface area contributed by atoms with E-state index in [0.29, 0.717) is 33.8 Å². The lowest BCUT2D eigenvalue weighted by Crippen LogP contribution is -2.04. The van der Waals surface area contributed by atoms with Crippen molar-refractivity contribution in [1.82, 2.24) is 14.8 Å². The van der Waals surface area contributed by atoms with Gasteiger partial charge >= 0.3 is 0 Å². The summed E-state index contributed by atoms with van der Waals surface area (Å²) in [5.74, 6) is 2.48. The molecule has 0 saturated carbocycles. The molecule has 174 valence electrons. The van der Waals surface area contributed by atoms with Gasteiger partial charge in [0.2, 0.25) is 5.75 Å². The molecule has 0 bridgehead atoms. The van der Waals surface area contributed by atoms with Crippen LogP contribution in [0.1, 0.15) is 10.4 Å². The number of methoxy groups -OCH3 is 3. The van der Waals surface area contributed by atoms with Crippen LogP contribution < -0.4 is 14.2 Å². The molecule has 0 amide bonds. The summed E-state index contributed by atoms with van der Waals surface area (Å²) in [5.41, 5.74) is 3.63. The van der Waals surface area contributed by atoms with E-state index in [-0.39, 0.29) is 11.5 Å². The lowest BCUT2D eigenvalue weighted by atomic mass is 10.0. The number of hydrogen-bond acceptors (Lipinski definition) is 7. The van der Waals surface area contributed by atoms with E-state index >= 15 is 0 Å². The van der Waals surface area contributed by atoms with Gasteiger partial charge in [0.15, 0.2) is 28.3 Å². The highest BCUT2D eigenvalue weighted by Gasteiger charge is 2.19. The minimum atomic E-state index is 0.0296. The van der Waals surface area contributed by atoms with E-state index in [4.69, 9.17) is 14.2 Å². The van der Waals surface area contributed by atoms with Crippen molar-refractivity contribution >= 4 is 17.5 Å². The van der Waals surface area contributed by atoms with Crippen molar-refractivity contribution in [2.45, 2.75) is 5.16 Å². The fourth-order valence-electron chi connectivity index (χ4n) is 3.59. The van der Waals surface area contributed by atoms with Crippen molar-refractivity contribution < 1.29 is 19.0 Å². The van der Waals surface area contributed by atoms with Crippen molar-refractivity contribution in [3.05, 3.63) is 72.3 Å². The summed E-state index contributed by atoms with van der Waals surface area (Å²) < 4.78 is 18.1. The number of thioether (sulfide) groups is 1. The third-order valence-corrected chi connectivity index (χ3v) is 6.42. The summed E-state index contributed by atoms with van der Waals surface area (Å²) in [6.07, 6.45) is 0. The largest absolute Gasteiger partial charge is 0.493 e. The van der Waals surface area contributed by atoms with E-state index in [2.05, 4.69) is 10.2 Å². The number of Topliss-reactive ketones (excluding diaryl/α,β-unsaturated/α-hetero) is 1. The van der Waals surface area contributed by atoms with E-state index in [1.807, 2.05) is 78.3 Å². The van der Waals surface area contributed by atoms with Gasteiger partial charge in [-0.1, -0.05) is 66.4 Å². The highest BCUT2D eigenvalue weighted by molar-refractivity contribution is 7.99.